The molecule has 1 aromatic rings. The van der Waals surface area contributed by atoms with Crippen LogP contribution in [0.25, 0.3) is 0 Å². The highest BCUT2D eigenvalue weighted by molar-refractivity contribution is 5.91. The standard InChI is InChI=1S/C10H12FN3O4/c11-8-2-1-7(5-9(8)14(16)17)13-10(15)6-18-4-3-12/h1-2,5H,3-4,6,12H2,(H,13,15). The molecule has 18 heavy (non-hydrogen) atoms. The third kappa shape index (κ3) is 4.07. The summed E-state index contributed by atoms with van der Waals surface area (Å²) in [4.78, 5) is 20.9. The van der Waals surface area contributed by atoms with Crippen molar-refractivity contribution in [1.82, 2.24) is 0 Å². The minimum atomic E-state index is -0.961. The number of carbonyl (C=O) groups is 1. The molecule has 0 aliphatic rings. The minimum Gasteiger partial charge on any atom is -0.370 e. The van der Waals surface area contributed by atoms with Gasteiger partial charge in [-0.3, -0.25) is 14.9 Å². The molecule has 3 N–H and O–H groups in total. The van der Waals surface area contributed by atoms with Crippen LogP contribution < -0.4 is 11.1 Å². The van der Waals surface area contributed by atoms with Crippen LogP contribution in [0, 0.1) is 15.9 Å². The van der Waals surface area contributed by atoms with E-state index in [2.05, 4.69) is 5.32 Å². The molecule has 0 radical (unpaired) electrons. The first-order chi connectivity index (χ1) is 8.54. The zero-order chi connectivity index (χ0) is 13.5. The number of hydrogen-bond acceptors (Lipinski definition) is 5. The van der Waals surface area contributed by atoms with Crippen LogP contribution in [0.5, 0.6) is 0 Å². The van der Waals surface area contributed by atoms with Gasteiger partial charge in [-0.05, 0) is 12.1 Å². The number of ether oxygens (including phenoxy) is 1. The smallest absolute Gasteiger partial charge is 0.306 e. The van der Waals surface area contributed by atoms with E-state index in [0.29, 0.717) is 0 Å². The highest BCUT2D eigenvalue weighted by Gasteiger charge is 2.15. The number of nitrogens with zero attached hydrogens (tertiary/aromatic N) is 1. The van der Waals surface area contributed by atoms with Crippen molar-refractivity contribution in [3.05, 3.63) is 34.1 Å². The number of amides is 1. The number of nitrogens with two attached hydrogens (primary N) is 1. The first kappa shape index (κ1) is 14.0. The molecule has 0 aliphatic heterocycles. The normalized spacial score (nSPS) is 10.1. The van der Waals surface area contributed by atoms with Crippen molar-refractivity contribution in [2.75, 3.05) is 25.1 Å². The van der Waals surface area contributed by atoms with Crippen molar-refractivity contribution < 1.29 is 18.8 Å². The van der Waals surface area contributed by atoms with Crippen molar-refractivity contribution in [3.63, 3.8) is 0 Å². The van der Waals surface area contributed by atoms with E-state index in [0.717, 1.165) is 12.1 Å². The summed E-state index contributed by atoms with van der Waals surface area (Å²) >= 11 is 0. The number of halogens is 1. The Kier molecular flexibility index (Phi) is 5.15. The molecule has 8 heteroatoms. The third-order valence-electron chi connectivity index (χ3n) is 1.92. The van der Waals surface area contributed by atoms with E-state index in [9.17, 15) is 19.3 Å². The van der Waals surface area contributed by atoms with Crippen LogP contribution in [0.15, 0.2) is 18.2 Å². The van der Waals surface area contributed by atoms with Crippen molar-refractivity contribution in [3.8, 4) is 0 Å². The summed E-state index contributed by atoms with van der Waals surface area (Å²) in [5.41, 5.74) is 4.59. The van der Waals surface area contributed by atoms with Crippen LogP contribution in [0.3, 0.4) is 0 Å². The molecule has 0 heterocycles. The van der Waals surface area contributed by atoms with E-state index in [4.69, 9.17) is 10.5 Å². The second-order valence-electron chi connectivity index (χ2n) is 3.31. The fourth-order valence-electron chi connectivity index (χ4n) is 1.18. The first-order valence-electron chi connectivity index (χ1n) is 5.06. The lowest BCUT2D eigenvalue weighted by atomic mass is 10.2. The van der Waals surface area contributed by atoms with Gasteiger partial charge in [-0.2, -0.15) is 4.39 Å². The van der Waals surface area contributed by atoms with Gasteiger partial charge in [-0.15, -0.1) is 0 Å². The summed E-state index contributed by atoms with van der Waals surface area (Å²) in [5.74, 6) is -1.46. The number of nitro benzene ring substituents is 1. The van der Waals surface area contributed by atoms with E-state index in [1.54, 1.807) is 0 Å². The first-order valence-corrected chi connectivity index (χ1v) is 5.06. The van der Waals surface area contributed by atoms with Gasteiger partial charge in [-0.1, -0.05) is 0 Å². The Morgan fingerprint density at radius 2 is 2.28 bits per heavy atom. The highest BCUT2D eigenvalue weighted by Crippen LogP contribution is 2.21. The summed E-state index contributed by atoms with van der Waals surface area (Å²) in [5, 5.41) is 12.8. The van der Waals surface area contributed by atoms with Gasteiger partial charge in [0, 0.05) is 18.3 Å². The van der Waals surface area contributed by atoms with E-state index in [-0.39, 0.29) is 25.4 Å². The minimum absolute atomic E-state index is 0.129. The molecule has 0 unspecified atom stereocenters. The van der Waals surface area contributed by atoms with Crippen LogP contribution in [-0.2, 0) is 9.53 Å². The molecule has 1 aromatic carbocycles. The number of rotatable bonds is 6. The molecule has 1 amide bonds. The summed E-state index contributed by atoms with van der Waals surface area (Å²) in [6, 6.07) is 3.08. The Morgan fingerprint density at radius 3 is 2.89 bits per heavy atom. The maximum atomic E-state index is 13.0. The van der Waals surface area contributed by atoms with Gasteiger partial charge in [0.05, 0.1) is 11.5 Å². The fourth-order valence-corrected chi connectivity index (χ4v) is 1.18. The quantitative estimate of drug-likeness (QED) is 0.442. The topological polar surface area (TPSA) is 107 Å². The number of nitrogens with one attached hydrogen (secondary N) is 1. The molecular formula is C10H12FN3O4. The fraction of sp³-hybridized carbons (Fsp3) is 0.300. The van der Waals surface area contributed by atoms with Crippen molar-refractivity contribution in [1.29, 1.82) is 0 Å². The van der Waals surface area contributed by atoms with Gasteiger partial charge in [0.1, 0.15) is 6.61 Å². The predicted molar refractivity (Wildman–Crippen MR) is 61.6 cm³/mol. The predicted octanol–water partition coefficient (Wildman–Crippen LogP) is 0.648. The lowest BCUT2D eigenvalue weighted by molar-refractivity contribution is -0.387. The average Bonchev–Trinajstić information content (AvgIpc) is 2.31. The van der Waals surface area contributed by atoms with Crippen LogP contribution in [0.1, 0.15) is 0 Å². The molecule has 7 nitrogen and oxygen atoms in total. The maximum absolute atomic E-state index is 13.0. The number of carbonyl (C=O) groups excluding carboxylic acids is 1. The largest absolute Gasteiger partial charge is 0.370 e. The molecule has 98 valence electrons. The SMILES string of the molecule is NCCOCC(=O)Nc1ccc(F)c([N+](=O)[O-])c1. The summed E-state index contributed by atoms with van der Waals surface area (Å²) in [7, 11) is 0. The average molecular weight is 257 g/mol. The van der Waals surface area contributed by atoms with Gasteiger partial charge in [0.25, 0.3) is 0 Å². The third-order valence-corrected chi connectivity index (χ3v) is 1.92. The number of anilines is 1. The lowest BCUT2D eigenvalue weighted by Gasteiger charge is -2.05. The van der Waals surface area contributed by atoms with Crippen LogP contribution in [0.4, 0.5) is 15.8 Å². The Bertz CT molecular complexity index is 453. The Balaban J connectivity index is 2.65. The molecule has 0 aromatic heterocycles. The monoisotopic (exact) mass is 257 g/mol. The van der Waals surface area contributed by atoms with Gasteiger partial charge >= 0.3 is 5.69 Å². The highest BCUT2D eigenvalue weighted by atomic mass is 19.1. The second kappa shape index (κ2) is 6.62. The van der Waals surface area contributed by atoms with Crippen molar-refractivity contribution in [2.24, 2.45) is 5.73 Å². The zero-order valence-corrected chi connectivity index (χ0v) is 9.39. The van der Waals surface area contributed by atoms with Gasteiger partial charge in [0.2, 0.25) is 11.7 Å². The number of nitro groups is 1. The van der Waals surface area contributed by atoms with Crippen LogP contribution in [-0.4, -0.2) is 30.6 Å². The number of hydrogen-bond donors (Lipinski definition) is 2. The van der Waals surface area contributed by atoms with E-state index in [1.807, 2.05) is 0 Å². The van der Waals surface area contributed by atoms with Gasteiger partial charge in [0.15, 0.2) is 0 Å². The van der Waals surface area contributed by atoms with Gasteiger partial charge in [-0.25, -0.2) is 0 Å². The molecular weight excluding hydrogens is 245 g/mol. The molecule has 0 saturated heterocycles. The van der Waals surface area contributed by atoms with E-state index in [1.165, 1.54) is 6.07 Å². The Hall–Kier alpha value is -2.06. The maximum Gasteiger partial charge on any atom is 0.306 e. The van der Waals surface area contributed by atoms with Crippen molar-refractivity contribution >= 4 is 17.3 Å². The van der Waals surface area contributed by atoms with Crippen LogP contribution in [0.2, 0.25) is 0 Å². The van der Waals surface area contributed by atoms with Crippen molar-refractivity contribution in [2.45, 2.75) is 0 Å². The summed E-state index contributed by atoms with van der Waals surface area (Å²) in [6.07, 6.45) is 0. The van der Waals surface area contributed by atoms with Gasteiger partial charge < -0.3 is 15.8 Å². The zero-order valence-electron chi connectivity index (χ0n) is 9.39. The van der Waals surface area contributed by atoms with Crippen LogP contribution >= 0.6 is 0 Å². The second-order valence-corrected chi connectivity index (χ2v) is 3.31. The molecule has 1 rings (SSSR count). The van der Waals surface area contributed by atoms with E-state index >= 15 is 0 Å². The molecule has 0 bridgehead atoms. The Morgan fingerprint density at radius 1 is 1.56 bits per heavy atom. The molecule has 0 aliphatic carbocycles. The molecule has 0 saturated carbocycles. The van der Waals surface area contributed by atoms with E-state index < -0.39 is 22.3 Å². The molecule has 0 atom stereocenters. The molecule has 0 fully saturated rings. The molecule has 0 spiro atoms. The summed E-state index contributed by atoms with van der Waals surface area (Å²) < 4.78 is 17.9. The summed E-state index contributed by atoms with van der Waals surface area (Å²) in [6.45, 7) is 0.300. The number of benzene rings is 1. The Labute approximate surface area is 102 Å². The lowest BCUT2D eigenvalue weighted by Crippen LogP contribution is -2.20.